The van der Waals surface area contributed by atoms with Crippen LogP contribution in [0.1, 0.15) is 32.8 Å². The molecule has 0 fully saturated rings. The molecule has 1 atom stereocenters. The minimum absolute atomic E-state index is 0.00113. The molecule has 0 amide bonds. The van der Waals surface area contributed by atoms with Gasteiger partial charge < -0.3 is 10.5 Å². The molecule has 2 N–H and O–H groups in total. The Bertz CT molecular complexity index is 398. The van der Waals surface area contributed by atoms with Crippen molar-refractivity contribution in [2.75, 3.05) is 0 Å². The van der Waals surface area contributed by atoms with E-state index in [4.69, 9.17) is 5.73 Å². The summed E-state index contributed by atoms with van der Waals surface area (Å²) in [6.07, 6.45) is -3.07. The Morgan fingerprint density at radius 3 is 2.11 bits per heavy atom. The Hall–Kier alpha value is -1.23. The largest absolute Gasteiger partial charge is 0.573 e. The van der Waals surface area contributed by atoms with Crippen LogP contribution in [0.3, 0.4) is 0 Å². The first-order valence-electron chi connectivity index (χ1n) is 6.24. The Labute approximate surface area is 111 Å². The van der Waals surface area contributed by atoms with Crippen molar-refractivity contribution in [1.29, 1.82) is 0 Å². The van der Waals surface area contributed by atoms with Crippen molar-refractivity contribution in [1.82, 2.24) is 0 Å². The highest BCUT2D eigenvalue weighted by Gasteiger charge is 2.31. The maximum atomic E-state index is 12.0. The van der Waals surface area contributed by atoms with Gasteiger partial charge in [-0.25, -0.2) is 0 Å². The fraction of sp³-hybridized carbons (Fsp3) is 0.571. The standard InChI is InChI=1S/C14H20F3NO/c1-4-13(2,3)12(18)9-10-5-7-11(8-6-10)19-14(15,16)17/h5-8,12H,4,9,18H2,1-3H3. The second kappa shape index (κ2) is 5.82. The molecule has 108 valence electrons. The summed E-state index contributed by atoms with van der Waals surface area (Å²) in [7, 11) is 0. The highest BCUT2D eigenvalue weighted by atomic mass is 19.4. The van der Waals surface area contributed by atoms with Gasteiger partial charge in [0.15, 0.2) is 0 Å². The molecular formula is C14H20F3NO. The summed E-state index contributed by atoms with van der Waals surface area (Å²) in [4.78, 5) is 0. The molecule has 2 nitrogen and oxygen atoms in total. The van der Waals surface area contributed by atoms with E-state index in [2.05, 4.69) is 25.5 Å². The van der Waals surface area contributed by atoms with Gasteiger partial charge in [0.1, 0.15) is 5.75 Å². The molecular weight excluding hydrogens is 255 g/mol. The number of benzene rings is 1. The van der Waals surface area contributed by atoms with Crippen molar-refractivity contribution in [3.63, 3.8) is 0 Å². The molecule has 0 bridgehead atoms. The molecule has 1 aromatic rings. The molecule has 0 aromatic heterocycles. The fourth-order valence-corrected chi connectivity index (χ4v) is 1.62. The van der Waals surface area contributed by atoms with Gasteiger partial charge in [-0.2, -0.15) is 0 Å². The summed E-state index contributed by atoms with van der Waals surface area (Å²) in [6, 6.07) is 5.83. The Balaban J connectivity index is 2.67. The fourth-order valence-electron chi connectivity index (χ4n) is 1.62. The average molecular weight is 275 g/mol. The van der Waals surface area contributed by atoms with E-state index in [1.807, 2.05) is 0 Å². The summed E-state index contributed by atoms with van der Waals surface area (Å²) >= 11 is 0. The van der Waals surface area contributed by atoms with Crippen molar-refractivity contribution >= 4 is 0 Å². The Morgan fingerprint density at radius 1 is 1.16 bits per heavy atom. The second-order valence-corrected chi connectivity index (χ2v) is 5.34. The van der Waals surface area contributed by atoms with Gasteiger partial charge >= 0.3 is 6.36 Å². The van der Waals surface area contributed by atoms with Crippen molar-refractivity contribution in [3.8, 4) is 5.75 Å². The Morgan fingerprint density at radius 2 is 1.68 bits per heavy atom. The second-order valence-electron chi connectivity index (χ2n) is 5.34. The molecule has 0 saturated carbocycles. The van der Waals surface area contributed by atoms with Crippen LogP contribution in [-0.4, -0.2) is 12.4 Å². The smallest absolute Gasteiger partial charge is 0.406 e. The lowest BCUT2D eigenvalue weighted by Gasteiger charge is -2.30. The number of ether oxygens (including phenoxy) is 1. The number of halogens is 3. The lowest BCUT2D eigenvalue weighted by Crippen LogP contribution is -2.38. The molecule has 1 unspecified atom stereocenters. The molecule has 0 aliphatic carbocycles. The summed E-state index contributed by atoms with van der Waals surface area (Å²) in [5, 5.41) is 0. The summed E-state index contributed by atoms with van der Waals surface area (Å²) in [5.74, 6) is -0.209. The van der Waals surface area contributed by atoms with Gasteiger partial charge in [0.25, 0.3) is 0 Å². The lowest BCUT2D eigenvalue weighted by atomic mass is 9.79. The normalized spacial score (nSPS) is 14.3. The van der Waals surface area contributed by atoms with Gasteiger partial charge in [0.05, 0.1) is 0 Å². The first-order valence-corrected chi connectivity index (χ1v) is 6.24. The topological polar surface area (TPSA) is 35.2 Å². The summed E-state index contributed by atoms with van der Waals surface area (Å²) in [6.45, 7) is 6.23. The molecule has 0 saturated heterocycles. The van der Waals surface area contributed by atoms with Crippen molar-refractivity contribution in [3.05, 3.63) is 29.8 Å². The molecule has 1 aromatic carbocycles. The quantitative estimate of drug-likeness (QED) is 0.884. The predicted octanol–water partition coefficient (Wildman–Crippen LogP) is 3.89. The first-order chi connectivity index (χ1) is 8.64. The van der Waals surface area contributed by atoms with Gasteiger partial charge in [-0.05, 0) is 36.0 Å². The lowest BCUT2D eigenvalue weighted by molar-refractivity contribution is -0.274. The molecule has 0 aliphatic rings. The van der Waals surface area contributed by atoms with E-state index in [1.54, 1.807) is 12.1 Å². The van der Waals surface area contributed by atoms with E-state index in [-0.39, 0.29) is 17.2 Å². The molecule has 0 spiro atoms. The average Bonchev–Trinajstić information content (AvgIpc) is 2.29. The van der Waals surface area contributed by atoms with Crippen LogP contribution in [0.4, 0.5) is 13.2 Å². The number of hydrogen-bond acceptors (Lipinski definition) is 2. The van der Waals surface area contributed by atoms with Gasteiger partial charge in [-0.1, -0.05) is 32.9 Å². The number of alkyl halides is 3. The van der Waals surface area contributed by atoms with E-state index >= 15 is 0 Å². The predicted molar refractivity (Wildman–Crippen MR) is 68.9 cm³/mol. The molecule has 5 heteroatoms. The van der Waals surface area contributed by atoms with E-state index in [0.717, 1.165) is 12.0 Å². The minimum Gasteiger partial charge on any atom is -0.406 e. The highest BCUT2D eigenvalue weighted by Crippen LogP contribution is 2.27. The van der Waals surface area contributed by atoms with Crippen LogP contribution in [0.5, 0.6) is 5.75 Å². The number of rotatable bonds is 5. The highest BCUT2D eigenvalue weighted by molar-refractivity contribution is 5.28. The molecule has 1 rings (SSSR count). The van der Waals surface area contributed by atoms with Crippen molar-refractivity contribution in [2.24, 2.45) is 11.1 Å². The number of hydrogen-bond donors (Lipinski definition) is 1. The zero-order valence-electron chi connectivity index (χ0n) is 11.4. The first kappa shape index (κ1) is 15.8. The van der Waals surface area contributed by atoms with Gasteiger partial charge in [0.2, 0.25) is 0 Å². The van der Waals surface area contributed by atoms with E-state index in [9.17, 15) is 13.2 Å². The van der Waals surface area contributed by atoms with Crippen LogP contribution < -0.4 is 10.5 Å². The maximum Gasteiger partial charge on any atom is 0.573 e. The van der Waals surface area contributed by atoms with Crippen molar-refractivity contribution in [2.45, 2.75) is 46.0 Å². The van der Waals surface area contributed by atoms with Gasteiger partial charge in [-0.15, -0.1) is 13.2 Å². The Kier molecular flexibility index (Phi) is 4.85. The van der Waals surface area contributed by atoms with Crippen molar-refractivity contribution < 1.29 is 17.9 Å². The minimum atomic E-state index is -4.65. The summed E-state index contributed by atoms with van der Waals surface area (Å²) < 4.78 is 39.9. The molecule has 0 heterocycles. The molecule has 0 aliphatic heterocycles. The van der Waals surface area contributed by atoms with Crippen LogP contribution in [-0.2, 0) is 6.42 Å². The van der Waals surface area contributed by atoms with Crippen LogP contribution in [0, 0.1) is 5.41 Å². The van der Waals surface area contributed by atoms with Crippen LogP contribution in [0.2, 0.25) is 0 Å². The van der Waals surface area contributed by atoms with E-state index in [0.29, 0.717) is 6.42 Å². The van der Waals surface area contributed by atoms with Crippen LogP contribution in [0.15, 0.2) is 24.3 Å². The SMILES string of the molecule is CCC(C)(C)C(N)Cc1ccc(OC(F)(F)F)cc1. The monoisotopic (exact) mass is 275 g/mol. The van der Waals surface area contributed by atoms with Crippen LogP contribution >= 0.6 is 0 Å². The third kappa shape index (κ3) is 5.11. The van der Waals surface area contributed by atoms with Crippen LogP contribution in [0.25, 0.3) is 0 Å². The third-order valence-corrected chi connectivity index (χ3v) is 3.53. The molecule has 19 heavy (non-hydrogen) atoms. The maximum absolute atomic E-state index is 12.0. The molecule has 0 radical (unpaired) electrons. The zero-order valence-corrected chi connectivity index (χ0v) is 11.4. The van der Waals surface area contributed by atoms with Gasteiger partial charge in [0, 0.05) is 6.04 Å². The third-order valence-electron chi connectivity index (χ3n) is 3.53. The number of nitrogens with two attached hydrogens (primary N) is 1. The van der Waals surface area contributed by atoms with Gasteiger partial charge in [-0.3, -0.25) is 0 Å². The van der Waals surface area contributed by atoms with E-state index in [1.165, 1.54) is 12.1 Å². The van der Waals surface area contributed by atoms with E-state index < -0.39 is 6.36 Å². The zero-order chi connectivity index (χ0) is 14.7. The summed E-state index contributed by atoms with van der Waals surface area (Å²) in [5.41, 5.74) is 7.03.